The van der Waals surface area contributed by atoms with Gasteiger partial charge in [0.25, 0.3) is 0 Å². The molecule has 128 valence electrons. The molecule has 1 aliphatic carbocycles. The first-order valence-electron chi connectivity index (χ1n) is 7.61. The summed E-state index contributed by atoms with van der Waals surface area (Å²) < 4.78 is 37.3. The Balaban J connectivity index is 1.99. The highest BCUT2D eigenvalue weighted by Gasteiger charge is 2.62. The van der Waals surface area contributed by atoms with Gasteiger partial charge < -0.3 is 14.8 Å². The summed E-state index contributed by atoms with van der Waals surface area (Å²) in [4.78, 5) is 11.8. The molecule has 0 spiro atoms. The maximum atomic E-state index is 14.1. The smallest absolute Gasteiger partial charge is 0.246 e. The van der Waals surface area contributed by atoms with Crippen LogP contribution in [0.25, 0.3) is 0 Å². The first-order valence-corrected chi connectivity index (χ1v) is 7.61. The average molecular weight is 327 g/mol. The fourth-order valence-corrected chi connectivity index (χ4v) is 3.05. The van der Waals surface area contributed by atoms with E-state index in [1.54, 1.807) is 7.11 Å². The van der Waals surface area contributed by atoms with Gasteiger partial charge in [0, 0.05) is 25.1 Å². The van der Waals surface area contributed by atoms with Crippen molar-refractivity contribution in [3.63, 3.8) is 0 Å². The van der Waals surface area contributed by atoms with Crippen molar-refractivity contribution in [1.82, 2.24) is 5.32 Å². The molecule has 1 aromatic rings. The molecule has 6 heteroatoms. The van der Waals surface area contributed by atoms with Crippen molar-refractivity contribution in [2.45, 2.75) is 25.7 Å². The molecule has 4 nitrogen and oxygen atoms in total. The largest absolute Gasteiger partial charge is 0.382 e. The number of hydrogen-bond acceptors (Lipinski definition) is 3. The van der Waals surface area contributed by atoms with Gasteiger partial charge >= 0.3 is 0 Å². The normalized spacial score (nSPS) is 22.0. The van der Waals surface area contributed by atoms with Gasteiger partial charge in [-0.2, -0.15) is 0 Å². The minimum Gasteiger partial charge on any atom is -0.382 e. The maximum absolute atomic E-state index is 14.1. The Kier molecular flexibility index (Phi) is 5.37. The summed E-state index contributed by atoms with van der Waals surface area (Å²) in [6.45, 7) is 5.02. The fourth-order valence-electron chi connectivity index (χ4n) is 3.05. The van der Waals surface area contributed by atoms with Crippen molar-refractivity contribution in [2.75, 3.05) is 33.5 Å². The van der Waals surface area contributed by atoms with Crippen LogP contribution in [0.5, 0.6) is 0 Å². The van der Waals surface area contributed by atoms with Crippen LogP contribution in [0.4, 0.5) is 8.78 Å². The van der Waals surface area contributed by atoms with Gasteiger partial charge in [-0.25, -0.2) is 8.78 Å². The Morgan fingerprint density at radius 1 is 1.30 bits per heavy atom. The van der Waals surface area contributed by atoms with E-state index in [-0.39, 0.29) is 17.9 Å². The van der Waals surface area contributed by atoms with E-state index < -0.39 is 17.0 Å². The summed E-state index contributed by atoms with van der Waals surface area (Å²) >= 11 is 0. The number of carbonyl (C=O) groups excluding carboxylic acids is 1. The van der Waals surface area contributed by atoms with E-state index in [2.05, 4.69) is 5.32 Å². The highest BCUT2D eigenvalue weighted by atomic mass is 19.1. The van der Waals surface area contributed by atoms with Gasteiger partial charge in [-0.3, -0.25) is 4.79 Å². The molecule has 1 N–H and O–H groups in total. The van der Waals surface area contributed by atoms with Crippen molar-refractivity contribution in [1.29, 1.82) is 0 Å². The Morgan fingerprint density at radius 3 is 2.57 bits per heavy atom. The number of nitrogens with one attached hydrogen (secondary N) is 1. The van der Waals surface area contributed by atoms with Crippen LogP contribution in [0.2, 0.25) is 0 Å². The lowest BCUT2D eigenvalue weighted by Crippen LogP contribution is -2.37. The molecular weight excluding hydrogens is 304 g/mol. The second-order valence-electron chi connectivity index (χ2n) is 6.59. The fraction of sp³-hybridized carbons (Fsp3) is 0.588. The van der Waals surface area contributed by atoms with Crippen LogP contribution in [0.15, 0.2) is 18.2 Å². The Bertz CT molecular complexity index is 577. The van der Waals surface area contributed by atoms with E-state index in [9.17, 15) is 13.6 Å². The van der Waals surface area contributed by atoms with Crippen molar-refractivity contribution in [3.8, 4) is 0 Å². The molecule has 0 radical (unpaired) electrons. The van der Waals surface area contributed by atoms with Crippen LogP contribution >= 0.6 is 0 Å². The van der Waals surface area contributed by atoms with Gasteiger partial charge in [0.2, 0.25) is 5.91 Å². The molecule has 0 bridgehead atoms. The van der Waals surface area contributed by atoms with Crippen molar-refractivity contribution in [3.05, 3.63) is 35.4 Å². The molecule has 1 aliphatic rings. The molecule has 1 atom stereocenters. The second-order valence-corrected chi connectivity index (χ2v) is 6.59. The molecule has 2 rings (SSSR count). The number of hydrogen-bond donors (Lipinski definition) is 1. The number of methoxy groups -OCH3 is 1. The van der Waals surface area contributed by atoms with Crippen LogP contribution in [0.3, 0.4) is 0 Å². The van der Waals surface area contributed by atoms with E-state index in [1.807, 2.05) is 13.8 Å². The minimum absolute atomic E-state index is 0.0637. The Hall–Kier alpha value is -1.53. The first-order chi connectivity index (χ1) is 10.8. The summed E-state index contributed by atoms with van der Waals surface area (Å²) in [6, 6.07) is 3.62. The molecule has 1 aromatic carbocycles. The van der Waals surface area contributed by atoms with E-state index >= 15 is 0 Å². The average Bonchev–Trinajstić information content (AvgIpc) is 3.04. The van der Waals surface area contributed by atoms with E-state index in [0.717, 1.165) is 12.5 Å². The molecule has 1 unspecified atom stereocenters. The predicted molar refractivity (Wildman–Crippen MR) is 82.1 cm³/mol. The molecule has 0 heterocycles. The number of rotatable bonds is 8. The molecule has 1 fully saturated rings. The number of halogens is 2. The lowest BCUT2D eigenvalue weighted by atomic mass is 9.87. The third-order valence-electron chi connectivity index (χ3n) is 4.61. The monoisotopic (exact) mass is 327 g/mol. The van der Waals surface area contributed by atoms with Gasteiger partial charge in [0.1, 0.15) is 18.2 Å². The Labute approximate surface area is 135 Å². The first kappa shape index (κ1) is 17.8. The van der Waals surface area contributed by atoms with Crippen LogP contribution in [0, 0.1) is 17.0 Å². The van der Waals surface area contributed by atoms with Crippen molar-refractivity contribution in [2.24, 2.45) is 5.41 Å². The Morgan fingerprint density at radius 2 is 2.00 bits per heavy atom. The van der Waals surface area contributed by atoms with Crippen LogP contribution in [0.1, 0.15) is 25.8 Å². The van der Waals surface area contributed by atoms with E-state index in [0.29, 0.717) is 25.3 Å². The third-order valence-corrected chi connectivity index (χ3v) is 4.61. The standard InChI is InChI=1S/C17H23F2NO3/c1-16(2)10-17(16,13-5-4-12(18)8-14(13)19)11-20-15(21)9-23-7-6-22-3/h4-5,8H,6-7,9-11H2,1-3H3,(H,20,21). The molecule has 0 aromatic heterocycles. The van der Waals surface area contributed by atoms with Gasteiger partial charge in [0.15, 0.2) is 0 Å². The molecule has 0 saturated heterocycles. The van der Waals surface area contributed by atoms with Crippen LogP contribution < -0.4 is 5.32 Å². The summed E-state index contributed by atoms with van der Waals surface area (Å²) in [6.07, 6.45) is 0.730. The van der Waals surface area contributed by atoms with Gasteiger partial charge in [0.05, 0.1) is 13.2 Å². The zero-order chi connectivity index (χ0) is 17.1. The zero-order valence-corrected chi connectivity index (χ0v) is 13.7. The summed E-state index contributed by atoms with van der Waals surface area (Å²) in [5.74, 6) is -1.43. The number of ether oxygens (including phenoxy) is 2. The van der Waals surface area contributed by atoms with Crippen molar-refractivity contribution < 1.29 is 23.0 Å². The summed E-state index contributed by atoms with van der Waals surface area (Å²) in [7, 11) is 1.56. The van der Waals surface area contributed by atoms with Crippen LogP contribution in [-0.2, 0) is 19.7 Å². The van der Waals surface area contributed by atoms with Crippen LogP contribution in [-0.4, -0.2) is 39.4 Å². The number of amides is 1. The van der Waals surface area contributed by atoms with E-state index in [4.69, 9.17) is 9.47 Å². The number of benzene rings is 1. The van der Waals surface area contributed by atoms with E-state index in [1.165, 1.54) is 12.1 Å². The molecular formula is C17H23F2NO3. The van der Waals surface area contributed by atoms with Crippen molar-refractivity contribution >= 4 is 5.91 Å². The lowest BCUT2D eigenvalue weighted by Gasteiger charge is -2.22. The minimum atomic E-state index is -0.601. The molecule has 23 heavy (non-hydrogen) atoms. The van der Waals surface area contributed by atoms with Gasteiger partial charge in [-0.05, 0) is 23.5 Å². The van der Waals surface area contributed by atoms with Gasteiger partial charge in [-0.1, -0.05) is 19.9 Å². The second kappa shape index (κ2) is 6.93. The topological polar surface area (TPSA) is 47.6 Å². The molecule has 1 saturated carbocycles. The highest BCUT2D eigenvalue weighted by molar-refractivity contribution is 5.77. The molecule has 0 aliphatic heterocycles. The lowest BCUT2D eigenvalue weighted by molar-refractivity contribution is -0.126. The zero-order valence-electron chi connectivity index (χ0n) is 13.7. The predicted octanol–water partition coefficient (Wildman–Crippen LogP) is 2.41. The third kappa shape index (κ3) is 3.87. The highest BCUT2D eigenvalue weighted by Crippen LogP contribution is 2.64. The van der Waals surface area contributed by atoms with Gasteiger partial charge in [-0.15, -0.1) is 0 Å². The SMILES string of the molecule is COCCOCC(=O)NCC1(c2ccc(F)cc2F)CC1(C)C. The summed E-state index contributed by atoms with van der Waals surface area (Å²) in [5.41, 5.74) is -0.215. The molecule has 1 amide bonds. The maximum Gasteiger partial charge on any atom is 0.246 e. The summed E-state index contributed by atoms with van der Waals surface area (Å²) in [5, 5.41) is 2.79. The number of carbonyl (C=O) groups is 1. The quantitative estimate of drug-likeness (QED) is 0.746.